The Morgan fingerprint density at radius 1 is 0.256 bits per heavy atom. The Morgan fingerprint density at radius 2 is 0.476 bits per heavy atom. The number of esters is 3. The van der Waals surface area contributed by atoms with Gasteiger partial charge in [0, 0.05) is 19.3 Å². The number of carbonyl (C=O) groups is 3. The molecular weight excluding hydrogens is 1010 g/mol. The summed E-state index contributed by atoms with van der Waals surface area (Å²) < 4.78 is 16.9. The van der Waals surface area contributed by atoms with Crippen molar-refractivity contribution in [2.45, 2.75) is 277 Å². The molecule has 0 bridgehead atoms. The molecule has 0 aromatic carbocycles. The molecule has 0 radical (unpaired) electrons. The molecule has 0 aliphatic rings. The third-order valence-corrected chi connectivity index (χ3v) is 13.4. The largest absolute Gasteiger partial charge is 0.462 e. The molecule has 6 heteroatoms. The summed E-state index contributed by atoms with van der Waals surface area (Å²) in [6.07, 6.45) is 101. The van der Waals surface area contributed by atoms with Gasteiger partial charge in [-0.3, -0.25) is 14.4 Å². The number of allylic oxidation sites excluding steroid dienone is 28. The molecule has 1 unspecified atom stereocenters. The van der Waals surface area contributed by atoms with Crippen LogP contribution in [0.1, 0.15) is 271 Å². The van der Waals surface area contributed by atoms with E-state index in [0.29, 0.717) is 12.8 Å². The molecule has 0 saturated carbocycles. The maximum atomic E-state index is 12.9. The number of unbranched alkanes of at least 4 members (excludes halogenated alkanes) is 19. The zero-order valence-corrected chi connectivity index (χ0v) is 52.7. The topological polar surface area (TPSA) is 78.9 Å². The molecule has 0 saturated heterocycles. The van der Waals surface area contributed by atoms with E-state index in [1.807, 2.05) is 0 Å². The summed E-state index contributed by atoms with van der Waals surface area (Å²) in [7, 11) is 0. The molecule has 0 aromatic rings. The average molecular weight is 1130 g/mol. The van der Waals surface area contributed by atoms with Gasteiger partial charge in [0.2, 0.25) is 0 Å². The first kappa shape index (κ1) is 76.8. The van der Waals surface area contributed by atoms with Crippen LogP contribution in [-0.2, 0) is 28.6 Å². The molecular formula is C76H120O6. The van der Waals surface area contributed by atoms with E-state index in [2.05, 4.69) is 191 Å². The van der Waals surface area contributed by atoms with E-state index >= 15 is 0 Å². The van der Waals surface area contributed by atoms with Crippen molar-refractivity contribution in [2.24, 2.45) is 0 Å². The van der Waals surface area contributed by atoms with Gasteiger partial charge in [0.05, 0.1) is 0 Å². The summed E-state index contributed by atoms with van der Waals surface area (Å²) in [6, 6.07) is 0. The van der Waals surface area contributed by atoms with E-state index in [0.717, 1.165) is 173 Å². The number of hydrogen-bond acceptors (Lipinski definition) is 6. The minimum absolute atomic E-state index is 0.104. The first-order valence-corrected chi connectivity index (χ1v) is 33.1. The van der Waals surface area contributed by atoms with Crippen LogP contribution < -0.4 is 0 Å². The van der Waals surface area contributed by atoms with Crippen molar-refractivity contribution in [3.63, 3.8) is 0 Å². The molecule has 0 rings (SSSR count). The summed E-state index contributed by atoms with van der Waals surface area (Å²) in [5.41, 5.74) is 0. The predicted octanol–water partition coefficient (Wildman–Crippen LogP) is 23.0. The second-order valence-corrected chi connectivity index (χ2v) is 21.3. The third kappa shape index (κ3) is 65.6. The van der Waals surface area contributed by atoms with Gasteiger partial charge in [-0.1, -0.05) is 268 Å². The Kier molecular flexibility index (Phi) is 63.9. The average Bonchev–Trinajstić information content (AvgIpc) is 3.47. The van der Waals surface area contributed by atoms with Gasteiger partial charge in [0.15, 0.2) is 6.10 Å². The molecule has 0 N–H and O–H groups in total. The fourth-order valence-electron chi connectivity index (χ4n) is 8.54. The standard InChI is InChI=1S/C76H120O6/c1-4-7-10-13-16-19-22-25-27-29-31-33-35-36-37-38-39-40-42-43-45-47-49-51-54-57-60-63-66-69-75(78)81-72-73(71-80-74(77)68-65-62-59-56-53-24-21-18-15-12-9-6-3)82-76(79)70-67-64-61-58-55-52-50-48-46-44-41-34-32-30-28-26-23-20-17-14-11-8-5-2/h7-8,10-11,16-21,25-28,31-34,36-37,39-40,43-46,50,52,73H,4-6,9,12-15,22-24,29-30,35,38,41-42,47-49,51,53-72H2,1-3H3/b10-7-,11-8-,19-16-,20-17-,21-18-,27-25-,28-26-,33-31-,34-32-,37-36-,40-39-,45-43-,46-44-,52-50-. The normalized spacial score (nSPS) is 13.3. The van der Waals surface area contributed by atoms with E-state index in [1.165, 1.54) is 57.8 Å². The molecule has 0 heterocycles. The van der Waals surface area contributed by atoms with E-state index in [9.17, 15) is 14.4 Å². The lowest BCUT2D eigenvalue weighted by molar-refractivity contribution is -0.167. The minimum atomic E-state index is -0.810. The monoisotopic (exact) mass is 1130 g/mol. The molecule has 0 amide bonds. The van der Waals surface area contributed by atoms with E-state index in [1.54, 1.807) is 0 Å². The maximum absolute atomic E-state index is 12.9. The maximum Gasteiger partial charge on any atom is 0.306 e. The Balaban J connectivity index is 4.41. The number of ether oxygens (including phenoxy) is 3. The fraction of sp³-hybridized carbons (Fsp3) is 0.592. The number of carbonyl (C=O) groups excluding carboxylic acids is 3. The Morgan fingerprint density at radius 3 is 0.756 bits per heavy atom. The Labute approximate surface area is 504 Å². The predicted molar refractivity (Wildman–Crippen MR) is 357 cm³/mol. The van der Waals surface area contributed by atoms with Crippen molar-refractivity contribution in [3.8, 4) is 0 Å². The first-order valence-electron chi connectivity index (χ1n) is 33.1. The van der Waals surface area contributed by atoms with Crippen molar-refractivity contribution in [3.05, 3.63) is 170 Å². The minimum Gasteiger partial charge on any atom is -0.462 e. The molecule has 0 spiro atoms. The van der Waals surface area contributed by atoms with Crippen LogP contribution in [0.25, 0.3) is 0 Å². The van der Waals surface area contributed by atoms with Crippen LogP contribution in [0.2, 0.25) is 0 Å². The van der Waals surface area contributed by atoms with Gasteiger partial charge in [-0.25, -0.2) is 0 Å². The Bertz CT molecular complexity index is 1870. The molecule has 0 aliphatic heterocycles. The van der Waals surface area contributed by atoms with E-state index < -0.39 is 6.10 Å². The SMILES string of the molecule is CC/C=C\C/C=C\C/C=C\C/C=C\C/C=C\C/C=C\C/C=C\CCCCCCCCCC(=O)OCC(COC(=O)CCCCCCC/C=C\CCCCC)OC(=O)CCCCCC/C=C\C/C=C\C/C=C\C/C=C\C/C=C\C/C=C\CC. The van der Waals surface area contributed by atoms with Gasteiger partial charge in [-0.2, -0.15) is 0 Å². The van der Waals surface area contributed by atoms with Gasteiger partial charge >= 0.3 is 17.9 Å². The quantitative estimate of drug-likeness (QED) is 0.0261. The smallest absolute Gasteiger partial charge is 0.306 e. The highest BCUT2D eigenvalue weighted by Crippen LogP contribution is 2.14. The highest BCUT2D eigenvalue weighted by molar-refractivity contribution is 5.71. The fourth-order valence-corrected chi connectivity index (χ4v) is 8.54. The lowest BCUT2D eigenvalue weighted by atomic mass is 10.1. The molecule has 460 valence electrons. The van der Waals surface area contributed by atoms with Gasteiger partial charge in [0.1, 0.15) is 13.2 Å². The van der Waals surface area contributed by atoms with Gasteiger partial charge in [-0.05, 0) is 154 Å². The van der Waals surface area contributed by atoms with Crippen LogP contribution in [0.3, 0.4) is 0 Å². The molecule has 82 heavy (non-hydrogen) atoms. The lowest BCUT2D eigenvalue weighted by Gasteiger charge is -2.18. The van der Waals surface area contributed by atoms with Crippen LogP contribution in [0.5, 0.6) is 0 Å². The summed E-state index contributed by atoms with van der Waals surface area (Å²) in [6.45, 7) is 6.35. The molecule has 1 atom stereocenters. The summed E-state index contributed by atoms with van der Waals surface area (Å²) in [5.74, 6) is -0.952. The zero-order chi connectivity index (χ0) is 59.2. The number of hydrogen-bond donors (Lipinski definition) is 0. The molecule has 6 nitrogen and oxygen atoms in total. The highest BCUT2D eigenvalue weighted by Gasteiger charge is 2.19. The van der Waals surface area contributed by atoms with Crippen LogP contribution in [0, 0.1) is 0 Å². The molecule has 0 aromatic heterocycles. The van der Waals surface area contributed by atoms with Crippen molar-refractivity contribution in [1.82, 2.24) is 0 Å². The van der Waals surface area contributed by atoms with Crippen molar-refractivity contribution in [2.75, 3.05) is 13.2 Å². The number of rotatable bonds is 58. The van der Waals surface area contributed by atoms with E-state index in [4.69, 9.17) is 14.2 Å². The molecule has 0 fully saturated rings. The molecule has 0 aliphatic carbocycles. The van der Waals surface area contributed by atoms with Crippen LogP contribution in [-0.4, -0.2) is 37.2 Å². The first-order chi connectivity index (χ1) is 40.5. The van der Waals surface area contributed by atoms with Crippen LogP contribution >= 0.6 is 0 Å². The highest BCUT2D eigenvalue weighted by atomic mass is 16.6. The van der Waals surface area contributed by atoms with Crippen molar-refractivity contribution < 1.29 is 28.6 Å². The van der Waals surface area contributed by atoms with Crippen LogP contribution in [0.15, 0.2) is 170 Å². The lowest BCUT2D eigenvalue weighted by Crippen LogP contribution is -2.30. The third-order valence-electron chi connectivity index (χ3n) is 13.4. The van der Waals surface area contributed by atoms with Crippen LogP contribution in [0.4, 0.5) is 0 Å². The summed E-state index contributed by atoms with van der Waals surface area (Å²) in [4.78, 5) is 38.3. The van der Waals surface area contributed by atoms with Gasteiger partial charge in [0.25, 0.3) is 0 Å². The zero-order valence-electron chi connectivity index (χ0n) is 52.7. The second-order valence-electron chi connectivity index (χ2n) is 21.3. The summed E-state index contributed by atoms with van der Waals surface area (Å²) in [5, 5.41) is 0. The van der Waals surface area contributed by atoms with Gasteiger partial charge in [-0.15, -0.1) is 0 Å². The van der Waals surface area contributed by atoms with E-state index in [-0.39, 0.29) is 37.5 Å². The van der Waals surface area contributed by atoms with Gasteiger partial charge < -0.3 is 14.2 Å². The Hall–Kier alpha value is -5.23. The summed E-state index contributed by atoms with van der Waals surface area (Å²) >= 11 is 0. The second kappa shape index (κ2) is 68.3. The van der Waals surface area contributed by atoms with Crippen molar-refractivity contribution in [1.29, 1.82) is 0 Å². The van der Waals surface area contributed by atoms with Crippen molar-refractivity contribution >= 4 is 17.9 Å².